The normalized spacial score (nSPS) is 10.2. The van der Waals surface area contributed by atoms with Crippen molar-refractivity contribution in [1.29, 1.82) is 0 Å². The van der Waals surface area contributed by atoms with E-state index in [4.69, 9.17) is 9.97 Å². The van der Waals surface area contributed by atoms with Crippen molar-refractivity contribution in [1.82, 2.24) is 9.97 Å². The van der Waals surface area contributed by atoms with E-state index in [0.717, 1.165) is 47.2 Å². The molecule has 0 aliphatic heterocycles. The van der Waals surface area contributed by atoms with Gasteiger partial charge < -0.3 is 0 Å². The minimum Gasteiger partial charge on any atom is -0.248 e. The molecule has 3 rings (SSSR count). The van der Waals surface area contributed by atoms with Gasteiger partial charge in [-0.3, -0.25) is 0 Å². The molecule has 0 amide bonds. The lowest BCUT2D eigenvalue weighted by molar-refractivity contribution is 0.774. The van der Waals surface area contributed by atoms with Gasteiger partial charge >= 0.3 is 0 Å². The fraction of sp³-hybridized carbons (Fsp3) is 0.200. The van der Waals surface area contributed by atoms with E-state index in [2.05, 4.69) is 18.8 Å². The number of aryl methyl sites for hydroxylation is 1. The van der Waals surface area contributed by atoms with Crippen LogP contribution in [0.15, 0.2) is 54.6 Å². The van der Waals surface area contributed by atoms with Crippen LogP contribution >= 0.6 is 0 Å². The number of aromatic nitrogens is 2. The first-order chi connectivity index (χ1) is 10.9. The van der Waals surface area contributed by atoms with E-state index < -0.39 is 0 Å². The molecule has 0 saturated carbocycles. The molecular weight excluding hydrogens is 268 g/mol. The van der Waals surface area contributed by atoms with E-state index in [1.54, 1.807) is 0 Å². The quantitative estimate of drug-likeness (QED) is 0.668. The molecule has 0 fully saturated rings. The molecule has 3 aromatic rings. The van der Waals surface area contributed by atoms with E-state index in [1.807, 2.05) is 54.6 Å². The van der Waals surface area contributed by atoms with Crippen molar-refractivity contribution in [2.75, 3.05) is 0 Å². The molecule has 2 nitrogen and oxygen atoms in total. The number of hydrogen-bond acceptors (Lipinski definition) is 2. The smallest absolute Gasteiger partial charge is 0.135 e. The van der Waals surface area contributed by atoms with Crippen molar-refractivity contribution in [2.45, 2.75) is 26.2 Å². The first-order valence-electron chi connectivity index (χ1n) is 7.69. The number of hydrogen-bond donors (Lipinski definition) is 0. The van der Waals surface area contributed by atoms with E-state index in [1.165, 1.54) is 0 Å². The van der Waals surface area contributed by atoms with Gasteiger partial charge in [0.1, 0.15) is 5.69 Å². The SMILES string of the molecule is CCCCc1nc2ccccc2nc1C#Cc1ccccc1. The highest BCUT2D eigenvalue weighted by Gasteiger charge is 2.06. The molecule has 0 bridgehead atoms. The maximum absolute atomic E-state index is 4.76. The topological polar surface area (TPSA) is 25.8 Å². The average Bonchev–Trinajstić information content (AvgIpc) is 2.58. The van der Waals surface area contributed by atoms with E-state index in [-0.39, 0.29) is 0 Å². The van der Waals surface area contributed by atoms with Gasteiger partial charge in [0.15, 0.2) is 0 Å². The first-order valence-corrected chi connectivity index (χ1v) is 7.69. The van der Waals surface area contributed by atoms with Crippen molar-refractivity contribution >= 4 is 11.0 Å². The summed E-state index contributed by atoms with van der Waals surface area (Å²) in [5.74, 6) is 6.40. The summed E-state index contributed by atoms with van der Waals surface area (Å²) in [5.41, 5.74) is 4.65. The highest BCUT2D eigenvalue weighted by atomic mass is 14.8. The Balaban J connectivity index is 2.04. The van der Waals surface area contributed by atoms with Crippen LogP contribution < -0.4 is 0 Å². The second-order valence-corrected chi connectivity index (χ2v) is 5.23. The number of unbranched alkanes of at least 4 members (excludes halogenated alkanes) is 1. The lowest BCUT2D eigenvalue weighted by Crippen LogP contribution is -1.99. The molecular formula is C20H18N2. The van der Waals surface area contributed by atoms with Crippen molar-refractivity contribution in [3.05, 3.63) is 71.5 Å². The van der Waals surface area contributed by atoms with E-state index in [0.29, 0.717) is 0 Å². The van der Waals surface area contributed by atoms with E-state index >= 15 is 0 Å². The van der Waals surface area contributed by atoms with Crippen LogP contribution in [-0.2, 0) is 6.42 Å². The Morgan fingerprint density at radius 1 is 0.818 bits per heavy atom. The molecule has 0 aliphatic rings. The van der Waals surface area contributed by atoms with E-state index in [9.17, 15) is 0 Å². The Labute approximate surface area is 131 Å². The summed E-state index contributed by atoms with van der Waals surface area (Å²) in [4.78, 5) is 9.47. The summed E-state index contributed by atoms with van der Waals surface area (Å²) >= 11 is 0. The Hall–Kier alpha value is -2.66. The number of benzene rings is 2. The summed E-state index contributed by atoms with van der Waals surface area (Å²) in [6.07, 6.45) is 3.17. The Morgan fingerprint density at radius 2 is 1.50 bits per heavy atom. The molecule has 0 radical (unpaired) electrons. The standard InChI is InChI=1S/C20H18N2/c1-2-3-11-17-20(15-14-16-9-5-4-6-10-16)22-19-13-8-7-12-18(19)21-17/h4-10,12-13H,2-3,11H2,1H3. The lowest BCUT2D eigenvalue weighted by atomic mass is 10.1. The molecule has 2 aromatic carbocycles. The van der Waals surface area contributed by atoms with Gasteiger partial charge in [0.25, 0.3) is 0 Å². The van der Waals surface area contributed by atoms with Crippen molar-refractivity contribution in [3.8, 4) is 11.8 Å². The second-order valence-electron chi connectivity index (χ2n) is 5.23. The molecule has 108 valence electrons. The predicted molar refractivity (Wildman–Crippen MR) is 90.6 cm³/mol. The number of fused-ring (bicyclic) bond motifs is 1. The van der Waals surface area contributed by atoms with Crippen molar-refractivity contribution < 1.29 is 0 Å². The molecule has 0 N–H and O–H groups in total. The Bertz CT molecular complexity index is 826. The summed E-state index contributed by atoms with van der Waals surface area (Å²) in [6.45, 7) is 2.18. The van der Waals surface area contributed by atoms with Crippen LogP contribution in [0, 0.1) is 11.8 Å². The predicted octanol–water partition coefficient (Wildman–Crippen LogP) is 4.37. The largest absolute Gasteiger partial charge is 0.248 e. The van der Waals surface area contributed by atoms with Crippen LogP contribution in [0.5, 0.6) is 0 Å². The van der Waals surface area contributed by atoms with Crippen LogP contribution in [0.1, 0.15) is 36.7 Å². The first kappa shape index (κ1) is 14.3. The maximum atomic E-state index is 4.76. The van der Waals surface area contributed by atoms with Gasteiger partial charge in [-0.2, -0.15) is 0 Å². The summed E-state index contributed by atoms with van der Waals surface area (Å²) in [5, 5.41) is 0. The summed E-state index contributed by atoms with van der Waals surface area (Å²) < 4.78 is 0. The number of nitrogens with zero attached hydrogens (tertiary/aromatic N) is 2. The zero-order chi connectivity index (χ0) is 15.2. The van der Waals surface area contributed by atoms with Gasteiger partial charge in [-0.25, -0.2) is 9.97 Å². The molecule has 2 heteroatoms. The molecule has 0 saturated heterocycles. The molecule has 1 aromatic heterocycles. The van der Waals surface area contributed by atoms with Gasteiger partial charge in [0, 0.05) is 5.56 Å². The van der Waals surface area contributed by atoms with Crippen LogP contribution in [0.25, 0.3) is 11.0 Å². The monoisotopic (exact) mass is 286 g/mol. The highest BCUT2D eigenvalue weighted by Crippen LogP contribution is 2.14. The van der Waals surface area contributed by atoms with Gasteiger partial charge in [-0.15, -0.1) is 0 Å². The highest BCUT2D eigenvalue weighted by molar-refractivity contribution is 5.74. The average molecular weight is 286 g/mol. The lowest BCUT2D eigenvalue weighted by Gasteiger charge is -2.05. The van der Waals surface area contributed by atoms with Gasteiger partial charge in [0.05, 0.1) is 16.7 Å². The zero-order valence-corrected chi connectivity index (χ0v) is 12.7. The molecule has 0 atom stereocenters. The van der Waals surface area contributed by atoms with Crippen molar-refractivity contribution in [3.63, 3.8) is 0 Å². The maximum Gasteiger partial charge on any atom is 0.135 e. The zero-order valence-electron chi connectivity index (χ0n) is 12.7. The second kappa shape index (κ2) is 6.87. The molecule has 0 spiro atoms. The Kier molecular flexibility index (Phi) is 4.46. The third-order valence-electron chi connectivity index (χ3n) is 3.51. The van der Waals surface area contributed by atoms with Gasteiger partial charge in [0.2, 0.25) is 0 Å². The molecule has 0 aliphatic carbocycles. The summed E-state index contributed by atoms with van der Waals surface area (Å²) in [6, 6.07) is 18.0. The van der Waals surface area contributed by atoms with Crippen LogP contribution in [0.4, 0.5) is 0 Å². The minimum absolute atomic E-state index is 0.802. The third kappa shape index (κ3) is 3.32. The summed E-state index contributed by atoms with van der Waals surface area (Å²) in [7, 11) is 0. The van der Waals surface area contributed by atoms with Crippen LogP contribution in [0.2, 0.25) is 0 Å². The number of para-hydroxylation sites is 2. The minimum atomic E-state index is 0.802. The fourth-order valence-corrected chi connectivity index (χ4v) is 2.31. The number of rotatable bonds is 3. The van der Waals surface area contributed by atoms with Crippen LogP contribution in [0.3, 0.4) is 0 Å². The third-order valence-corrected chi connectivity index (χ3v) is 3.51. The van der Waals surface area contributed by atoms with Crippen molar-refractivity contribution in [2.24, 2.45) is 0 Å². The molecule has 0 unspecified atom stereocenters. The Morgan fingerprint density at radius 3 is 2.23 bits per heavy atom. The van der Waals surface area contributed by atoms with Crippen LogP contribution in [-0.4, -0.2) is 9.97 Å². The van der Waals surface area contributed by atoms with Gasteiger partial charge in [-0.05, 0) is 43.0 Å². The van der Waals surface area contributed by atoms with Gasteiger partial charge in [-0.1, -0.05) is 49.6 Å². The fourth-order valence-electron chi connectivity index (χ4n) is 2.31. The molecule has 1 heterocycles. The molecule has 22 heavy (non-hydrogen) atoms.